The monoisotopic (exact) mass is 359 g/mol. The predicted molar refractivity (Wildman–Crippen MR) is 97.1 cm³/mol. The summed E-state index contributed by atoms with van der Waals surface area (Å²) in [7, 11) is 0. The van der Waals surface area contributed by atoms with Crippen molar-refractivity contribution < 1.29 is 15.0 Å². The maximum Gasteiger partial charge on any atom is 0.281 e. The quantitative estimate of drug-likeness (QED) is 0.577. The largest absolute Gasteiger partial charge is 0.505 e. The number of aliphatic hydroxyl groups excluding tert-OH is 1. The normalized spacial score (nSPS) is 16.8. The number of aryl methyl sites for hydroxylation is 2. The summed E-state index contributed by atoms with van der Waals surface area (Å²) in [6.07, 6.45) is 6.03. The van der Waals surface area contributed by atoms with Gasteiger partial charge in [-0.05, 0) is 43.7 Å². The standard InChI is InChI=1S/C18H21N3O3S/c1-10-3-4-15-12(5-10)6-16(25-15)18(24)21-20-8-14-13(9-22)7-19-11(2)17(14)23/h6-8,10,22-23H,3-5,9H2,1-2H3,(H,21,24)/b20-8+/t10-/m1/s1. The molecule has 1 amide bonds. The predicted octanol–water partition coefficient (Wildman–Crippen LogP) is 2.54. The first-order valence-electron chi connectivity index (χ1n) is 8.23. The molecule has 25 heavy (non-hydrogen) atoms. The van der Waals surface area contributed by atoms with Gasteiger partial charge < -0.3 is 10.2 Å². The highest BCUT2D eigenvalue weighted by molar-refractivity contribution is 7.14. The van der Waals surface area contributed by atoms with E-state index < -0.39 is 0 Å². The summed E-state index contributed by atoms with van der Waals surface area (Å²) >= 11 is 1.52. The fourth-order valence-corrected chi connectivity index (χ4v) is 4.05. The Morgan fingerprint density at radius 1 is 1.56 bits per heavy atom. The molecule has 0 bridgehead atoms. The average molecular weight is 359 g/mol. The van der Waals surface area contributed by atoms with Crippen molar-refractivity contribution in [3.05, 3.63) is 44.4 Å². The van der Waals surface area contributed by atoms with Gasteiger partial charge in [0.2, 0.25) is 0 Å². The average Bonchev–Trinajstić information content (AvgIpc) is 3.02. The lowest BCUT2D eigenvalue weighted by molar-refractivity contribution is 0.0959. The Hall–Kier alpha value is -2.25. The number of hydrogen-bond donors (Lipinski definition) is 3. The second-order valence-electron chi connectivity index (χ2n) is 6.40. The van der Waals surface area contributed by atoms with E-state index in [4.69, 9.17) is 0 Å². The second kappa shape index (κ2) is 7.33. The number of aromatic hydroxyl groups is 1. The zero-order valence-corrected chi connectivity index (χ0v) is 15.1. The van der Waals surface area contributed by atoms with Gasteiger partial charge in [0.15, 0.2) is 0 Å². The first-order valence-corrected chi connectivity index (χ1v) is 9.04. The van der Waals surface area contributed by atoms with Gasteiger partial charge >= 0.3 is 0 Å². The number of amides is 1. The van der Waals surface area contributed by atoms with Crippen molar-refractivity contribution in [2.75, 3.05) is 0 Å². The van der Waals surface area contributed by atoms with Crippen molar-refractivity contribution in [3.63, 3.8) is 0 Å². The van der Waals surface area contributed by atoms with Crippen LogP contribution in [-0.2, 0) is 19.4 Å². The summed E-state index contributed by atoms with van der Waals surface area (Å²) < 4.78 is 0. The molecule has 3 rings (SSSR count). The molecule has 0 aliphatic heterocycles. The number of carbonyl (C=O) groups is 1. The third-order valence-electron chi connectivity index (χ3n) is 4.44. The van der Waals surface area contributed by atoms with Crippen LogP contribution in [0.15, 0.2) is 17.4 Å². The van der Waals surface area contributed by atoms with Crippen molar-refractivity contribution in [3.8, 4) is 5.75 Å². The first kappa shape index (κ1) is 17.6. The molecular weight excluding hydrogens is 338 g/mol. The molecule has 7 heteroatoms. The van der Waals surface area contributed by atoms with E-state index in [0.29, 0.717) is 27.6 Å². The summed E-state index contributed by atoms with van der Waals surface area (Å²) in [5.74, 6) is 0.343. The van der Waals surface area contributed by atoms with Gasteiger partial charge in [-0.25, -0.2) is 5.43 Å². The van der Waals surface area contributed by atoms with Crippen molar-refractivity contribution in [1.29, 1.82) is 0 Å². The molecular formula is C18H21N3O3S. The lowest BCUT2D eigenvalue weighted by Gasteiger charge is -2.16. The third kappa shape index (κ3) is 3.72. The van der Waals surface area contributed by atoms with Gasteiger partial charge in [0.1, 0.15) is 5.75 Å². The van der Waals surface area contributed by atoms with E-state index >= 15 is 0 Å². The van der Waals surface area contributed by atoms with Gasteiger partial charge in [0.05, 0.1) is 23.4 Å². The number of hydrazone groups is 1. The second-order valence-corrected chi connectivity index (χ2v) is 7.53. The number of nitrogens with one attached hydrogen (secondary N) is 1. The van der Waals surface area contributed by atoms with Crippen LogP contribution in [0.2, 0.25) is 0 Å². The molecule has 3 N–H and O–H groups in total. The van der Waals surface area contributed by atoms with E-state index in [9.17, 15) is 15.0 Å². The minimum absolute atomic E-state index is 0.0508. The summed E-state index contributed by atoms with van der Waals surface area (Å²) in [6, 6.07) is 1.95. The van der Waals surface area contributed by atoms with Gasteiger partial charge in [0.25, 0.3) is 5.91 Å². The summed E-state index contributed by atoms with van der Waals surface area (Å²) in [4.78, 5) is 18.2. The molecule has 0 aromatic carbocycles. The molecule has 2 aromatic heterocycles. The zero-order valence-electron chi connectivity index (χ0n) is 14.2. The van der Waals surface area contributed by atoms with E-state index in [-0.39, 0.29) is 18.3 Å². The van der Waals surface area contributed by atoms with Gasteiger partial charge in [-0.15, -0.1) is 11.3 Å². The summed E-state index contributed by atoms with van der Waals surface area (Å²) in [5, 5.41) is 23.3. The number of carbonyl (C=O) groups excluding carboxylic acids is 1. The Balaban J connectivity index is 1.73. The number of hydrogen-bond acceptors (Lipinski definition) is 6. The van der Waals surface area contributed by atoms with Crippen LogP contribution >= 0.6 is 11.3 Å². The van der Waals surface area contributed by atoms with E-state index in [0.717, 1.165) is 19.3 Å². The minimum Gasteiger partial charge on any atom is -0.505 e. The molecule has 0 saturated carbocycles. The van der Waals surface area contributed by atoms with Crippen LogP contribution in [0.3, 0.4) is 0 Å². The highest BCUT2D eigenvalue weighted by Crippen LogP contribution is 2.32. The maximum atomic E-state index is 12.3. The molecule has 0 unspecified atom stereocenters. The fourth-order valence-electron chi connectivity index (χ4n) is 2.95. The van der Waals surface area contributed by atoms with E-state index in [1.54, 1.807) is 6.92 Å². The minimum atomic E-state index is -0.272. The summed E-state index contributed by atoms with van der Waals surface area (Å²) in [6.45, 7) is 3.61. The van der Waals surface area contributed by atoms with Gasteiger partial charge in [0, 0.05) is 22.2 Å². The lowest BCUT2D eigenvalue weighted by Crippen LogP contribution is -2.16. The van der Waals surface area contributed by atoms with Gasteiger partial charge in [-0.2, -0.15) is 5.10 Å². The highest BCUT2D eigenvalue weighted by atomic mass is 32.1. The molecule has 1 atom stereocenters. The van der Waals surface area contributed by atoms with Crippen LogP contribution in [0.5, 0.6) is 5.75 Å². The van der Waals surface area contributed by atoms with E-state index in [2.05, 4.69) is 22.4 Å². The SMILES string of the molecule is Cc1ncc(CO)c(/C=N/NC(=O)c2cc3c(s2)CC[C@@H](C)C3)c1O. The molecule has 0 radical (unpaired) electrons. The highest BCUT2D eigenvalue weighted by Gasteiger charge is 2.20. The Morgan fingerprint density at radius 3 is 3.12 bits per heavy atom. The molecule has 1 aliphatic carbocycles. The third-order valence-corrected chi connectivity index (χ3v) is 5.68. The first-order chi connectivity index (χ1) is 12.0. The lowest BCUT2D eigenvalue weighted by atomic mass is 9.90. The number of pyridine rings is 1. The fraction of sp³-hybridized carbons (Fsp3) is 0.389. The maximum absolute atomic E-state index is 12.3. The Morgan fingerprint density at radius 2 is 2.36 bits per heavy atom. The molecule has 2 heterocycles. The molecule has 1 aliphatic rings. The molecule has 132 valence electrons. The smallest absolute Gasteiger partial charge is 0.281 e. The molecule has 0 fully saturated rings. The van der Waals surface area contributed by atoms with Crippen LogP contribution in [-0.4, -0.2) is 27.3 Å². The van der Waals surface area contributed by atoms with Crippen LogP contribution in [0.25, 0.3) is 0 Å². The number of rotatable bonds is 4. The van der Waals surface area contributed by atoms with Crippen LogP contribution in [0, 0.1) is 12.8 Å². The topological polar surface area (TPSA) is 94.8 Å². The number of aromatic nitrogens is 1. The molecule has 2 aromatic rings. The van der Waals surface area contributed by atoms with Crippen LogP contribution < -0.4 is 5.43 Å². The number of thiophene rings is 1. The molecule has 6 nitrogen and oxygen atoms in total. The van der Waals surface area contributed by atoms with Crippen molar-refractivity contribution in [2.24, 2.45) is 11.0 Å². The van der Waals surface area contributed by atoms with Crippen molar-refractivity contribution in [2.45, 2.75) is 39.7 Å². The van der Waals surface area contributed by atoms with Crippen molar-refractivity contribution >= 4 is 23.5 Å². The number of nitrogens with zero attached hydrogens (tertiary/aromatic N) is 2. The molecule has 0 saturated heterocycles. The van der Waals surface area contributed by atoms with Gasteiger partial charge in [-0.1, -0.05) is 6.92 Å². The van der Waals surface area contributed by atoms with Gasteiger partial charge in [-0.3, -0.25) is 9.78 Å². The molecule has 0 spiro atoms. The van der Waals surface area contributed by atoms with E-state index in [1.165, 1.54) is 34.2 Å². The number of aliphatic hydroxyl groups is 1. The van der Waals surface area contributed by atoms with Crippen LogP contribution in [0.4, 0.5) is 0 Å². The Kier molecular flexibility index (Phi) is 5.15. The van der Waals surface area contributed by atoms with Crippen molar-refractivity contribution in [1.82, 2.24) is 10.4 Å². The zero-order chi connectivity index (χ0) is 18.0. The Labute approximate surface area is 150 Å². The number of fused-ring (bicyclic) bond motifs is 1. The Bertz CT molecular complexity index is 829. The van der Waals surface area contributed by atoms with Crippen LogP contribution in [0.1, 0.15) is 50.3 Å². The van der Waals surface area contributed by atoms with E-state index in [1.807, 2.05) is 6.07 Å². The summed E-state index contributed by atoms with van der Waals surface area (Å²) in [5.41, 5.74) is 5.00.